The minimum atomic E-state index is -0.0502. The van der Waals surface area contributed by atoms with Gasteiger partial charge in [0.05, 0.1) is 17.2 Å². The first kappa shape index (κ1) is 16.7. The normalized spacial score (nSPS) is 20.2. The highest BCUT2D eigenvalue weighted by atomic mass is 16.5. The lowest BCUT2D eigenvalue weighted by molar-refractivity contribution is 0.0599. The van der Waals surface area contributed by atoms with Crippen LogP contribution >= 0.6 is 0 Å². The molecule has 0 spiro atoms. The number of rotatable bonds is 4. The Morgan fingerprint density at radius 2 is 2.04 bits per heavy atom. The summed E-state index contributed by atoms with van der Waals surface area (Å²) in [5, 5.41) is 4.06. The number of pyridine rings is 1. The second-order valence-corrected chi connectivity index (χ2v) is 6.70. The molecule has 0 bridgehead atoms. The third kappa shape index (κ3) is 3.32. The molecule has 4 rings (SSSR count). The van der Waals surface area contributed by atoms with E-state index in [4.69, 9.17) is 4.74 Å². The predicted molar refractivity (Wildman–Crippen MR) is 99.4 cm³/mol. The molecular formula is C20H22N4O2. The fourth-order valence-corrected chi connectivity index (χ4v) is 3.58. The highest BCUT2D eigenvalue weighted by Crippen LogP contribution is 2.23. The minimum absolute atomic E-state index is 0.0502. The molecule has 1 saturated carbocycles. The Kier molecular flexibility index (Phi) is 4.67. The van der Waals surface area contributed by atoms with E-state index in [1.807, 2.05) is 41.1 Å². The first-order valence-corrected chi connectivity index (χ1v) is 8.96. The highest BCUT2D eigenvalue weighted by molar-refractivity contribution is 6.06. The smallest absolute Gasteiger partial charge is 0.252 e. The largest absolute Gasteiger partial charge is 0.381 e. The highest BCUT2D eigenvalue weighted by Gasteiger charge is 2.23. The summed E-state index contributed by atoms with van der Waals surface area (Å²) in [4.78, 5) is 21.7. The van der Waals surface area contributed by atoms with E-state index in [0.717, 1.165) is 36.6 Å². The molecule has 6 heteroatoms. The number of methoxy groups -OCH3 is 1. The number of nitrogens with one attached hydrogen (secondary N) is 1. The van der Waals surface area contributed by atoms with Gasteiger partial charge in [-0.2, -0.15) is 0 Å². The molecule has 134 valence electrons. The van der Waals surface area contributed by atoms with Crippen molar-refractivity contribution >= 4 is 16.8 Å². The lowest BCUT2D eigenvalue weighted by Crippen LogP contribution is -2.39. The van der Waals surface area contributed by atoms with Gasteiger partial charge in [-0.1, -0.05) is 18.2 Å². The van der Waals surface area contributed by atoms with Gasteiger partial charge in [0.2, 0.25) is 0 Å². The Hall–Kier alpha value is -2.73. The summed E-state index contributed by atoms with van der Waals surface area (Å²) in [5.74, 6) is 0.639. The number of aromatic nitrogens is 3. The second-order valence-electron chi connectivity index (χ2n) is 6.70. The zero-order valence-corrected chi connectivity index (χ0v) is 14.8. The van der Waals surface area contributed by atoms with Gasteiger partial charge in [0.15, 0.2) is 0 Å². The van der Waals surface area contributed by atoms with Crippen molar-refractivity contribution in [2.45, 2.75) is 37.8 Å². The average molecular weight is 350 g/mol. The molecule has 6 nitrogen and oxygen atoms in total. The van der Waals surface area contributed by atoms with Crippen LogP contribution in [-0.2, 0) is 4.74 Å². The number of para-hydroxylation sites is 1. The van der Waals surface area contributed by atoms with E-state index in [1.165, 1.54) is 0 Å². The van der Waals surface area contributed by atoms with E-state index in [9.17, 15) is 4.79 Å². The average Bonchev–Trinajstić information content (AvgIpc) is 3.22. The monoisotopic (exact) mass is 350 g/mol. The van der Waals surface area contributed by atoms with Gasteiger partial charge in [-0.15, -0.1) is 0 Å². The molecule has 0 radical (unpaired) electrons. The first-order chi connectivity index (χ1) is 12.7. The molecule has 1 amide bonds. The lowest BCUT2D eigenvalue weighted by atomic mass is 9.92. The fraction of sp³-hybridized carbons (Fsp3) is 0.350. The van der Waals surface area contributed by atoms with Crippen LogP contribution in [0.15, 0.2) is 49.1 Å². The molecule has 26 heavy (non-hydrogen) atoms. The SMILES string of the molecule is CO[C@H]1CC[C@H](NC(=O)c2cc(-n3ccnc3)nc3ccccc23)CC1. The van der Waals surface area contributed by atoms with E-state index in [-0.39, 0.29) is 11.9 Å². The Labute approximate surface area is 152 Å². The van der Waals surface area contributed by atoms with Crippen molar-refractivity contribution in [2.24, 2.45) is 0 Å². The van der Waals surface area contributed by atoms with Gasteiger partial charge in [0, 0.05) is 30.9 Å². The first-order valence-electron chi connectivity index (χ1n) is 8.96. The number of imidazole rings is 1. The van der Waals surface area contributed by atoms with Gasteiger partial charge >= 0.3 is 0 Å². The van der Waals surface area contributed by atoms with Crippen LogP contribution in [0.2, 0.25) is 0 Å². The summed E-state index contributed by atoms with van der Waals surface area (Å²) >= 11 is 0. The van der Waals surface area contributed by atoms with Gasteiger partial charge < -0.3 is 10.1 Å². The van der Waals surface area contributed by atoms with Gasteiger partial charge in [-0.05, 0) is 37.8 Å². The van der Waals surface area contributed by atoms with E-state index in [2.05, 4.69) is 15.3 Å². The maximum atomic E-state index is 13.0. The maximum absolute atomic E-state index is 13.0. The zero-order chi connectivity index (χ0) is 17.9. The number of fused-ring (bicyclic) bond motifs is 1. The topological polar surface area (TPSA) is 69.0 Å². The predicted octanol–water partition coefficient (Wildman–Crippen LogP) is 3.11. The summed E-state index contributed by atoms with van der Waals surface area (Å²) in [6.07, 6.45) is 9.39. The molecule has 1 aromatic carbocycles. The summed E-state index contributed by atoms with van der Waals surface area (Å²) in [6, 6.07) is 9.76. The van der Waals surface area contributed by atoms with Crippen molar-refractivity contribution in [3.63, 3.8) is 0 Å². The maximum Gasteiger partial charge on any atom is 0.252 e. The van der Waals surface area contributed by atoms with Crippen LogP contribution in [0.3, 0.4) is 0 Å². The van der Waals surface area contributed by atoms with E-state index >= 15 is 0 Å². The number of amides is 1. The number of carbonyl (C=O) groups is 1. The van der Waals surface area contributed by atoms with Crippen LogP contribution in [0.1, 0.15) is 36.0 Å². The molecule has 2 aromatic heterocycles. The summed E-state index contributed by atoms with van der Waals surface area (Å²) in [5.41, 5.74) is 1.44. The number of carbonyl (C=O) groups excluding carboxylic acids is 1. The van der Waals surface area contributed by atoms with E-state index < -0.39 is 0 Å². The second kappa shape index (κ2) is 7.25. The molecule has 0 atom stereocenters. The Morgan fingerprint density at radius 3 is 2.77 bits per heavy atom. The van der Waals surface area contributed by atoms with E-state index in [1.54, 1.807) is 19.6 Å². The number of hydrogen-bond acceptors (Lipinski definition) is 4. The third-order valence-electron chi connectivity index (χ3n) is 5.06. The standard InChI is InChI=1S/C20H22N4O2/c1-26-15-8-6-14(7-9-15)22-20(25)17-12-19(24-11-10-21-13-24)23-18-5-3-2-4-16(17)18/h2-5,10-15H,6-9H2,1H3,(H,22,25)/t14-,15-. The van der Waals surface area contributed by atoms with Crippen LogP contribution in [0.5, 0.6) is 0 Å². The minimum Gasteiger partial charge on any atom is -0.381 e. The van der Waals surface area contributed by atoms with Crippen molar-refractivity contribution in [1.29, 1.82) is 0 Å². The molecule has 1 fully saturated rings. The Balaban J connectivity index is 1.63. The van der Waals surface area contributed by atoms with Crippen molar-refractivity contribution in [2.75, 3.05) is 7.11 Å². The van der Waals surface area contributed by atoms with Crippen LogP contribution in [0, 0.1) is 0 Å². The van der Waals surface area contributed by atoms with Crippen molar-refractivity contribution in [3.05, 3.63) is 54.6 Å². The summed E-state index contributed by atoms with van der Waals surface area (Å²) in [7, 11) is 1.75. The molecule has 1 N–H and O–H groups in total. The van der Waals surface area contributed by atoms with E-state index in [0.29, 0.717) is 17.5 Å². The molecule has 1 aliphatic rings. The molecule has 0 saturated heterocycles. The van der Waals surface area contributed by atoms with Gasteiger partial charge in [-0.25, -0.2) is 9.97 Å². The molecular weight excluding hydrogens is 328 g/mol. The molecule has 3 aromatic rings. The van der Waals surface area contributed by atoms with Crippen molar-refractivity contribution < 1.29 is 9.53 Å². The van der Waals surface area contributed by atoms with Crippen LogP contribution in [-0.4, -0.2) is 39.7 Å². The van der Waals surface area contributed by atoms with Crippen molar-refractivity contribution in [1.82, 2.24) is 19.9 Å². The van der Waals surface area contributed by atoms with Crippen LogP contribution < -0.4 is 5.32 Å². The number of ether oxygens (including phenoxy) is 1. The number of hydrogen-bond donors (Lipinski definition) is 1. The van der Waals surface area contributed by atoms with Crippen LogP contribution in [0.4, 0.5) is 0 Å². The van der Waals surface area contributed by atoms with Gasteiger partial charge in [0.1, 0.15) is 12.1 Å². The van der Waals surface area contributed by atoms with Crippen molar-refractivity contribution in [3.8, 4) is 5.82 Å². The molecule has 0 unspecified atom stereocenters. The molecule has 0 aliphatic heterocycles. The molecule has 2 heterocycles. The Bertz CT molecular complexity index is 899. The lowest BCUT2D eigenvalue weighted by Gasteiger charge is -2.28. The zero-order valence-electron chi connectivity index (χ0n) is 14.8. The summed E-state index contributed by atoms with van der Waals surface area (Å²) < 4.78 is 7.23. The third-order valence-corrected chi connectivity index (χ3v) is 5.06. The number of nitrogens with zero attached hydrogens (tertiary/aromatic N) is 3. The van der Waals surface area contributed by atoms with Gasteiger partial charge in [0.25, 0.3) is 5.91 Å². The quantitative estimate of drug-likeness (QED) is 0.785. The number of benzene rings is 1. The fourth-order valence-electron chi connectivity index (χ4n) is 3.58. The van der Waals surface area contributed by atoms with Crippen LogP contribution in [0.25, 0.3) is 16.7 Å². The van der Waals surface area contributed by atoms with Gasteiger partial charge in [-0.3, -0.25) is 9.36 Å². The Morgan fingerprint density at radius 1 is 1.23 bits per heavy atom. The molecule has 1 aliphatic carbocycles. The summed E-state index contributed by atoms with van der Waals surface area (Å²) in [6.45, 7) is 0.